The van der Waals surface area contributed by atoms with Crippen LogP contribution in [0.1, 0.15) is 20.8 Å². The Morgan fingerprint density at radius 2 is 1.80 bits per heavy atom. The molecule has 4 nitrogen and oxygen atoms in total. The van der Waals surface area contributed by atoms with Crippen molar-refractivity contribution in [3.05, 3.63) is 0 Å². The summed E-state index contributed by atoms with van der Waals surface area (Å²) in [5, 5.41) is 10.1. The Kier molecular flexibility index (Phi) is 3.20. The molecule has 0 aromatic heterocycles. The molecule has 90 valence electrons. The van der Waals surface area contributed by atoms with Crippen LogP contribution in [0.3, 0.4) is 0 Å². The fourth-order valence-corrected chi connectivity index (χ4v) is 2.48. The molecule has 1 N–H and O–H groups in total. The van der Waals surface area contributed by atoms with Gasteiger partial charge in [-0.2, -0.15) is 0 Å². The number of rotatable bonds is 3. The maximum atomic E-state index is 11.0. The van der Waals surface area contributed by atoms with Gasteiger partial charge in [-0.3, -0.25) is 4.90 Å². The highest BCUT2D eigenvalue weighted by Gasteiger charge is 2.47. The van der Waals surface area contributed by atoms with Gasteiger partial charge in [-0.25, -0.2) is 8.42 Å². The van der Waals surface area contributed by atoms with E-state index in [1.54, 1.807) is 0 Å². The van der Waals surface area contributed by atoms with Gasteiger partial charge in [0.05, 0.1) is 11.4 Å². The summed E-state index contributed by atoms with van der Waals surface area (Å²) in [6.45, 7) is 7.64. The molecule has 1 fully saturated rings. The van der Waals surface area contributed by atoms with Crippen LogP contribution in [0.25, 0.3) is 0 Å². The summed E-state index contributed by atoms with van der Waals surface area (Å²) in [6, 6.07) is 0. The minimum atomic E-state index is -2.91. The molecule has 0 aromatic carbocycles. The van der Waals surface area contributed by atoms with Crippen LogP contribution in [0.5, 0.6) is 0 Å². The van der Waals surface area contributed by atoms with Crippen molar-refractivity contribution < 1.29 is 13.5 Å². The van der Waals surface area contributed by atoms with E-state index in [0.717, 1.165) is 6.54 Å². The van der Waals surface area contributed by atoms with E-state index in [1.807, 2.05) is 25.7 Å². The summed E-state index contributed by atoms with van der Waals surface area (Å²) < 4.78 is 22.0. The molecule has 1 rings (SSSR count). The third kappa shape index (κ3) is 3.16. The van der Waals surface area contributed by atoms with Crippen LogP contribution >= 0.6 is 0 Å². The highest BCUT2D eigenvalue weighted by Crippen LogP contribution is 2.38. The van der Waals surface area contributed by atoms with Gasteiger partial charge < -0.3 is 5.11 Å². The van der Waals surface area contributed by atoms with Crippen LogP contribution in [0, 0.1) is 5.41 Å². The first-order valence-corrected chi connectivity index (χ1v) is 7.22. The molecule has 1 heterocycles. The second kappa shape index (κ2) is 3.71. The lowest BCUT2D eigenvalue weighted by atomic mass is 9.79. The number of β-amino-alcohol motifs (C(OH)–C–C–N with tert-alkyl or cyclic N) is 1. The molecule has 0 unspecified atom stereocenters. The number of sulfone groups is 1. The molecule has 1 saturated heterocycles. The lowest BCUT2D eigenvalue weighted by Gasteiger charge is -2.31. The van der Waals surface area contributed by atoms with E-state index in [1.165, 1.54) is 6.26 Å². The third-order valence-electron chi connectivity index (χ3n) is 3.39. The Balaban J connectivity index is 2.57. The third-order valence-corrected chi connectivity index (χ3v) is 4.31. The highest BCUT2D eigenvalue weighted by atomic mass is 32.2. The Labute approximate surface area is 92.2 Å². The van der Waals surface area contributed by atoms with Gasteiger partial charge >= 0.3 is 0 Å². The SMILES string of the molecule is CC1(C)CN(CCS(C)(=O)=O)C[C@@]1(C)O. The second-order valence-electron chi connectivity index (χ2n) is 5.50. The van der Waals surface area contributed by atoms with Crippen molar-refractivity contribution in [2.45, 2.75) is 26.4 Å². The second-order valence-corrected chi connectivity index (χ2v) is 7.76. The molecule has 15 heavy (non-hydrogen) atoms. The quantitative estimate of drug-likeness (QED) is 0.755. The summed E-state index contributed by atoms with van der Waals surface area (Å²) in [7, 11) is -2.91. The molecule has 5 heteroatoms. The number of hydrogen-bond acceptors (Lipinski definition) is 4. The van der Waals surface area contributed by atoms with Gasteiger partial charge in [-0.15, -0.1) is 0 Å². The topological polar surface area (TPSA) is 57.6 Å². The minimum Gasteiger partial charge on any atom is -0.388 e. The van der Waals surface area contributed by atoms with E-state index >= 15 is 0 Å². The first kappa shape index (κ1) is 12.9. The van der Waals surface area contributed by atoms with E-state index in [0.29, 0.717) is 13.1 Å². The lowest BCUT2D eigenvalue weighted by Crippen LogP contribution is -2.40. The number of aliphatic hydroxyl groups is 1. The Hall–Kier alpha value is -0.130. The van der Waals surface area contributed by atoms with Crippen LogP contribution in [0.2, 0.25) is 0 Å². The molecule has 0 amide bonds. The first-order valence-electron chi connectivity index (χ1n) is 5.16. The maximum Gasteiger partial charge on any atom is 0.148 e. The zero-order valence-corrected chi connectivity index (χ0v) is 10.8. The molecule has 1 atom stereocenters. The van der Waals surface area contributed by atoms with E-state index in [4.69, 9.17) is 0 Å². The maximum absolute atomic E-state index is 11.0. The molecule has 0 aromatic rings. The van der Waals surface area contributed by atoms with Crippen molar-refractivity contribution in [3.63, 3.8) is 0 Å². The minimum absolute atomic E-state index is 0.166. The van der Waals surface area contributed by atoms with Crippen molar-refractivity contribution in [2.24, 2.45) is 5.41 Å². The van der Waals surface area contributed by atoms with Gasteiger partial charge in [0.1, 0.15) is 9.84 Å². The number of likely N-dealkylation sites (tertiary alicyclic amines) is 1. The zero-order valence-electron chi connectivity index (χ0n) is 9.95. The van der Waals surface area contributed by atoms with Gasteiger partial charge in [0.15, 0.2) is 0 Å². The van der Waals surface area contributed by atoms with Gasteiger partial charge in [-0.05, 0) is 6.92 Å². The van der Waals surface area contributed by atoms with Crippen molar-refractivity contribution in [1.82, 2.24) is 4.90 Å². The Morgan fingerprint density at radius 3 is 2.13 bits per heavy atom. The molecular formula is C10H21NO3S. The highest BCUT2D eigenvalue weighted by molar-refractivity contribution is 7.90. The summed E-state index contributed by atoms with van der Waals surface area (Å²) in [6.07, 6.45) is 1.24. The molecule has 0 spiro atoms. The molecule has 1 aliphatic heterocycles. The van der Waals surface area contributed by atoms with Gasteiger partial charge in [-0.1, -0.05) is 13.8 Å². The molecule has 0 radical (unpaired) electrons. The first-order chi connectivity index (χ1) is 6.54. The fourth-order valence-electron chi connectivity index (χ4n) is 1.89. The van der Waals surface area contributed by atoms with Crippen LogP contribution in [-0.4, -0.2) is 55.7 Å². The van der Waals surface area contributed by atoms with E-state index < -0.39 is 15.4 Å². The Morgan fingerprint density at radius 1 is 1.27 bits per heavy atom. The average molecular weight is 235 g/mol. The summed E-state index contributed by atoms with van der Waals surface area (Å²) in [5.74, 6) is 0.166. The fraction of sp³-hybridized carbons (Fsp3) is 1.00. The van der Waals surface area contributed by atoms with Crippen LogP contribution < -0.4 is 0 Å². The summed E-state index contributed by atoms with van der Waals surface area (Å²) >= 11 is 0. The van der Waals surface area contributed by atoms with Crippen LogP contribution in [0.4, 0.5) is 0 Å². The van der Waals surface area contributed by atoms with Gasteiger partial charge in [0, 0.05) is 31.3 Å². The van der Waals surface area contributed by atoms with E-state index in [9.17, 15) is 13.5 Å². The predicted molar refractivity (Wildman–Crippen MR) is 60.6 cm³/mol. The predicted octanol–water partition coefficient (Wildman–Crippen LogP) is 0.124. The van der Waals surface area contributed by atoms with E-state index in [-0.39, 0.29) is 11.2 Å². The number of hydrogen-bond donors (Lipinski definition) is 1. The van der Waals surface area contributed by atoms with Gasteiger partial charge in [0.25, 0.3) is 0 Å². The standard InChI is InChI=1S/C10H21NO3S/c1-9(2)7-11(8-10(9,3)12)5-6-15(4,13)14/h12H,5-8H2,1-4H3/t10-/m1/s1. The molecule has 0 aliphatic carbocycles. The number of nitrogens with zero attached hydrogens (tertiary/aromatic N) is 1. The largest absolute Gasteiger partial charge is 0.388 e. The smallest absolute Gasteiger partial charge is 0.148 e. The molecule has 0 bridgehead atoms. The summed E-state index contributed by atoms with van der Waals surface area (Å²) in [4.78, 5) is 2.01. The molecule has 0 saturated carbocycles. The summed E-state index contributed by atoms with van der Waals surface area (Å²) in [5.41, 5.74) is -0.908. The molecule has 1 aliphatic rings. The van der Waals surface area contributed by atoms with Crippen molar-refractivity contribution in [2.75, 3.05) is 31.6 Å². The average Bonchev–Trinajstić information content (AvgIpc) is 2.16. The zero-order chi connectivity index (χ0) is 11.9. The van der Waals surface area contributed by atoms with E-state index in [2.05, 4.69) is 0 Å². The van der Waals surface area contributed by atoms with Crippen LogP contribution in [0.15, 0.2) is 0 Å². The lowest BCUT2D eigenvalue weighted by molar-refractivity contribution is -0.0109. The van der Waals surface area contributed by atoms with Crippen molar-refractivity contribution >= 4 is 9.84 Å². The van der Waals surface area contributed by atoms with Crippen LogP contribution in [-0.2, 0) is 9.84 Å². The van der Waals surface area contributed by atoms with Gasteiger partial charge in [0.2, 0.25) is 0 Å². The normalized spacial score (nSPS) is 32.1. The molecular weight excluding hydrogens is 214 g/mol. The Bertz CT molecular complexity index is 317. The van der Waals surface area contributed by atoms with Crippen molar-refractivity contribution in [1.29, 1.82) is 0 Å². The monoisotopic (exact) mass is 235 g/mol. The van der Waals surface area contributed by atoms with Crippen molar-refractivity contribution in [3.8, 4) is 0 Å².